The number of unbranched alkanes of at least 4 members (excludes halogenated alkanes) is 1. The Labute approximate surface area is 138 Å². The number of nitrogens with one attached hydrogen (secondary N) is 1. The molecule has 0 unspecified atom stereocenters. The largest absolute Gasteiger partial charge is 0.373 e. The van der Waals surface area contributed by atoms with Crippen LogP contribution in [0.5, 0.6) is 0 Å². The summed E-state index contributed by atoms with van der Waals surface area (Å²) in [6.07, 6.45) is 5.07. The van der Waals surface area contributed by atoms with Crippen LogP contribution in [-0.2, 0) is 11.2 Å². The van der Waals surface area contributed by atoms with Gasteiger partial charge in [-0.05, 0) is 23.7 Å². The fourth-order valence-corrected chi connectivity index (χ4v) is 3.19. The molecule has 6 heteroatoms. The quantitative estimate of drug-likeness (QED) is 0.453. The van der Waals surface area contributed by atoms with Crippen molar-refractivity contribution in [2.45, 2.75) is 32.6 Å². The summed E-state index contributed by atoms with van der Waals surface area (Å²) in [5.41, 5.74) is 3.20. The first-order chi connectivity index (χ1) is 10.0. The highest BCUT2D eigenvalue weighted by molar-refractivity contribution is 14.1. The lowest BCUT2D eigenvalue weighted by Gasteiger charge is -2.25. The summed E-state index contributed by atoms with van der Waals surface area (Å²) < 4.78 is 1.14. The van der Waals surface area contributed by atoms with Gasteiger partial charge in [0.15, 0.2) is 5.78 Å². The Bertz CT molecular complexity index is 560. The van der Waals surface area contributed by atoms with Crippen molar-refractivity contribution >= 4 is 45.7 Å². The van der Waals surface area contributed by atoms with Gasteiger partial charge in [0, 0.05) is 32.5 Å². The Balaban J connectivity index is 2.34. The van der Waals surface area contributed by atoms with Crippen LogP contribution in [0, 0.1) is 0 Å². The number of alkyl halides is 1. The number of carbonyl (C=O) groups is 2. The van der Waals surface area contributed by atoms with E-state index in [9.17, 15) is 9.59 Å². The van der Waals surface area contributed by atoms with E-state index >= 15 is 0 Å². The molecule has 0 aliphatic heterocycles. The van der Waals surface area contributed by atoms with E-state index in [1.807, 2.05) is 7.05 Å². The first-order valence-corrected chi connectivity index (χ1v) is 8.67. The zero-order valence-electron chi connectivity index (χ0n) is 12.4. The second-order valence-electron chi connectivity index (χ2n) is 5.27. The van der Waals surface area contributed by atoms with Crippen LogP contribution in [0.3, 0.4) is 0 Å². The van der Waals surface area contributed by atoms with Gasteiger partial charge in [0.2, 0.25) is 5.91 Å². The molecule has 0 fully saturated rings. The van der Waals surface area contributed by atoms with Gasteiger partial charge in [-0.2, -0.15) is 0 Å². The van der Waals surface area contributed by atoms with Crippen molar-refractivity contribution in [3.63, 3.8) is 0 Å². The minimum atomic E-state index is -0.122. The summed E-state index contributed by atoms with van der Waals surface area (Å²) in [6.45, 7) is 2.39. The number of ketones is 1. The highest BCUT2D eigenvalue weighted by Crippen LogP contribution is 2.35. The van der Waals surface area contributed by atoms with Crippen LogP contribution in [0.15, 0.2) is 6.20 Å². The Morgan fingerprint density at radius 3 is 2.86 bits per heavy atom. The van der Waals surface area contributed by atoms with E-state index in [-0.39, 0.29) is 11.7 Å². The molecule has 0 saturated carbocycles. The zero-order valence-corrected chi connectivity index (χ0v) is 14.6. The fraction of sp³-hybridized carbons (Fsp3) is 0.533. The molecule has 0 spiro atoms. The number of rotatable bonds is 6. The average molecular weight is 401 g/mol. The van der Waals surface area contributed by atoms with E-state index in [1.165, 1.54) is 6.92 Å². The lowest BCUT2D eigenvalue weighted by molar-refractivity contribution is -0.114. The predicted octanol–water partition coefficient (Wildman–Crippen LogP) is 2.82. The first kappa shape index (κ1) is 16.2. The van der Waals surface area contributed by atoms with Gasteiger partial charge >= 0.3 is 0 Å². The van der Waals surface area contributed by atoms with Crippen molar-refractivity contribution in [2.75, 3.05) is 28.2 Å². The van der Waals surface area contributed by atoms with Gasteiger partial charge in [-0.15, -0.1) is 0 Å². The summed E-state index contributed by atoms with van der Waals surface area (Å²) in [5, 5.41) is 2.83. The van der Waals surface area contributed by atoms with E-state index in [0.717, 1.165) is 35.1 Å². The number of halogens is 1. The summed E-state index contributed by atoms with van der Waals surface area (Å²) in [6, 6.07) is 0. The maximum absolute atomic E-state index is 11.9. The molecule has 0 saturated heterocycles. The molecule has 0 aromatic carbocycles. The molecule has 114 valence electrons. The van der Waals surface area contributed by atoms with Crippen LogP contribution in [0.25, 0.3) is 0 Å². The smallest absolute Gasteiger partial charge is 0.221 e. The van der Waals surface area contributed by atoms with Crippen molar-refractivity contribution in [2.24, 2.45) is 0 Å². The summed E-state index contributed by atoms with van der Waals surface area (Å²) in [4.78, 5) is 29.6. The van der Waals surface area contributed by atoms with Gasteiger partial charge in [-0.1, -0.05) is 22.6 Å². The number of amides is 1. The van der Waals surface area contributed by atoms with Crippen LogP contribution >= 0.6 is 22.6 Å². The molecule has 1 aliphatic rings. The molecule has 0 radical (unpaired) electrons. The highest BCUT2D eigenvalue weighted by Gasteiger charge is 2.27. The monoisotopic (exact) mass is 401 g/mol. The topological polar surface area (TPSA) is 62.3 Å². The number of carbonyl (C=O) groups excluding carboxylic acids is 2. The number of nitrogens with zero attached hydrogens (tertiary/aromatic N) is 2. The van der Waals surface area contributed by atoms with Gasteiger partial charge in [0.25, 0.3) is 0 Å². The summed E-state index contributed by atoms with van der Waals surface area (Å²) in [5.74, 6) is -0.0238. The zero-order chi connectivity index (χ0) is 15.4. The fourth-order valence-electron chi connectivity index (χ4n) is 2.65. The first-order valence-electron chi connectivity index (χ1n) is 7.14. The summed E-state index contributed by atoms with van der Waals surface area (Å²) in [7, 11) is 2.01. The van der Waals surface area contributed by atoms with Crippen molar-refractivity contribution in [1.82, 2.24) is 4.98 Å². The van der Waals surface area contributed by atoms with Gasteiger partial charge in [-0.3, -0.25) is 14.6 Å². The van der Waals surface area contributed by atoms with Crippen LogP contribution in [0.2, 0.25) is 0 Å². The predicted molar refractivity (Wildman–Crippen MR) is 92.6 cm³/mol. The van der Waals surface area contributed by atoms with Crippen LogP contribution in [0.1, 0.15) is 42.2 Å². The number of pyridine rings is 1. The molecule has 0 atom stereocenters. The third kappa shape index (κ3) is 3.72. The average Bonchev–Trinajstić information content (AvgIpc) is 2.79. The Hall–Kier alpha value is -1.18. The highest BCUT2D eigenvalue weighted by atomic mass is 127. The molecule has 2 rings (SSSR count). The van der Waals surface area contributed by atoms with Gasteiger partial charge in [0.1, 0.15) is 5.69 Å². The Kier molecular flexibility index (Phi) is 5.55. The number of anilines is 2. The Morgan fingerprint density at radius 1 is 1.43 bits per heavy atom. The molecule has 21 heavy (non-hydrogen) atoms. The third-order valence-electron chi connectivity index (χ3n) is 3.59. The molecule has 5 nitrogen and oxygen atoms in total. The SMILES string of the molecule is CC(=O)Nc1cnc2c(c1N(C)CCCCI)CCC2=O. The number of Topliss-reactive ketones (excluding diaryl/α,β-unsaturated/α-hetero) is 1. The van der Waals surface area contributed by atoms with Gasteiger partial charge in [-0.25, -0.2) is 0 Å². The third-order valence-corrected chi connectivity index (χ3v) is 4.35. The summed E-state index contributed by atoms with van der Waals surface area (Å²) >= 11 is 2.37. The maximum atomic E-state index is 11.9. The van der Waals surface area contributed by atoms with Crippen LogP contribution < -0.4 is 10.2 Å². The lowest BCUT2D eigenvalue weighted by Crippen LogP contribution is -2.23. The maximum Gasteiger partial charge on any atom is 0.221 e. The van der Waals surface area contributed by atoms with E-state index in [2.05, 4.69) is 37.8 Å². The van der Waals surface area contributed by atoms with Crippen molar-refractivity contribution in [3.05, 3.63) is 17.5 Å². The normalized spacial score (nSPS) is 13.2. The minimum Gasteiger partial charge on any atom is -0.373 e. The number of hydrogen-bond donors (Lipinski definition) is 1. The van der Waals surface area contributed by atoms with Crippen LogP contribution in [0.4, 0.5) is 11.4 Å². The van der Waals surface area contributed by atoms with Gasteiger partial charge < -0.3 is 10.2 Å². The van der Waals surface area contributed by atoms with E-state index in [1.54, 1.807) is 6.20 Å². The van der Waals surface area contributed by atoms with Crippen molar-refractivity contribution in [3.8, 4) is 0 Å². The van der Waals surface area contributed by atoms with E-state index in [4.69, 9.17) is 0 Å². The molecule has 1 amide bonds. The minimum absolute atomic E-state index is 0.0984. The van der Waals surface area contributed by atoms with E-state index in [0.29, 0.717) is 24.2 Å². The number of fused-ring (bicyclic) bond motifs is 1. The molecule has 0 bridgehead atoms. The molecule has 1 N–H and O–H groups in total. The van der Waals surface area contributed by atoms with Crippen molar-refractivity contribution in [1.29, 1.82) is 0 Å². The molecular weight excluding hydrogens is 381 g/mol. The molecule has 1 aliphatic carbocycles. The molecule has 1 aromatic rings. The Morgan fingerprint density at radius 2 is 2.19 bits per heavy atom. The standard InChI is InChI=1S/C15H20IN3O2/c1-10(20)18-12-9-17-14-11(5-6-13(14)21)15(12)19(2)8-4-3-7-16/h9H,3-8H2,1-2H3,(H,18,20). The van der Waals surface area contributed by atoms with Crippen molar-refractivity contribution < 1.29 is 9.59 Å². The van der Waals surface area contributed by atoms with Gasteiger partial charge in [0.05, 0.1) is 17.6 Å². The molecule has 1 heterocycles. The number of hydrogen-bond acceptors (Lipinski definition) is 4. The van der Waals surface area contributed by atoms with Crippen LogP contribution in [-0.4, -0.2) is 34.7 Å². The number of aromatic nitrogens is 1. The second-order valence-corrected chi connectivity index (χ2v) is 6.35. The second kappa shape index (κ2) is 7.20. The lowest BCUT2D eigenvalue weighted by atomic mass is 10.1. The molecular formula is C15H20IN3O2. The van der Waals surface area contributed by atoms with E-state index < -0.39 is 0 Å². The molecule has 1 aromatic heterocycles.